The molecule has 3 nitrogen and oxygen atoms in total. The standard InChI is InChI=1S/C26H38O3/c1-4-5-6-7-8-24(28)29-23-12-11-22-25-17(2)15-18-16-19(27)9-10-20(18)21(25)13-14-26(22,23)3/h9-10,16-17,21-23,25,27H,4-8,11-15H2,1-3H3/t17-,21?,22?,23-,25?,26-/m0/s1. The Hall–Kier alpha value is -1.51. The first-order valence-corrected chi connectivity index (χ1v) is 11.9. The summed E-state index contributed by atoms with van der Waals surface area (Å²) in [5.74, 6) is 2.92. The van der Waals surface area contributed by atoms with Crippen molar-refractivity contribution in [1.82, 2.24) is 0 Å². The molecule has 3 unspecified atom stereocenters. The number of rotatable bonds is 6. The van der Waals surface area contributed by atoms with Gasteiger partial charge in [-0.3, -0.25) is 4.79 Å². The second-order valence-electron chi connectivity index (χ2n) is 10.3. The van der Waals surface area contributed by atoms with Crippen LogP contribution in [0.15, 0.2) is 18.2 Å². The SMILES string of the molecule is CCCCCCC(=O)O[C@H]1CCC2C3C(CC[C@@]21C)c1ccc(O)cc1C[C@@H]3C. The van der Waals surface area contributed by atoms with Gasteiger partial charge in [-0.05, 0) is 85.5 Å². The molecule has 2 saturated carbocycles. The Balaban J connectivity index is 1.46. The second-order valence-corrected chi connectivity index (χ2v) is 10.3. The van der Waals surface area contributed by atoms with Crippen molar-refractivity contribution in [3.8, 4) is 5.75 Å². The molecule has 6 atom stereocenters. The van der Waals surface area contributed by atoms with Crippen LogP contribution in [0, 0.1) is 23.2 Å². The molecule has 0 heterocycles. The maximum Gasteiger partial charge on any atom is 0.306 e. The van der Waals surface area contributed by atoms with E-state index in [-0.39, 0.29) is 17.5 Å². The van der Waals surface area contributed by atoms with Crippen LogP contribution in [-0.2, 0) is 16.0 Å². The summed E-state index contributed by atoms with van der Waals surface area (Å²) >= 11 is 0. The third-order valence-electron chi connectivity index (χ3n) is 8.48. The Bertz CT molecular complexity index is 741. The number of fused-ring (bicyclic) bond motifs is 5. The monoisotopic (exact) mass is 398 g/mol. The topological polar surface area (TPSA) is 46.5 Å². The average molecular weight is 399 g/mol. The van der Waals surface area contributed by atoms with Gasteiger partial charge in [-0.25, -0.2) is 0 Å². The van der Waals surface area contributed by atoms with Crippen molar-refractivity contribution in [1.29, 1.82) is 0 Å². The van der Waals surface area contributed by atoms with Crippen LogP contribution < -0.4 is 0 Å². The summed E-state index contributed by atoms with van der Waals surface area (Å²) in [5.41, 5.74) is 2.93. The molecular formula is C26H38O3. The minimum Gasteiger partial charge on any atom is -0.508 e. The number of aromatic hydroxyl groups is 1. The van der Waals surface area contributed by atoms with E-state index in [0.29, 0.717) is 35.8 Å². The molecule has 0 spiro atoms. The molecule has 0 aromatic heterocycles. The lowest BCUT2D eigenvalue weighted by Crippen LogP contribution is -2.47. The van der Waals surface area contributed by atoms with Gasteiger partial charge in [0.1, 0.15) is 11.9 Å². The number of carbonyl (C=O) groups is 1. The van der Waals surface area contributed by atoms with Crippen molar-refractivity contribution < 1.29 is 14.6 Å². The molecule has 4 rings (SSSR count). The zero-order chi connectivity index (χ0) is 20.6. The molecule has 0 saturated heterocycles. The molecule has 3 heteroatoms. The van der Waals surface area contributed by atoms with Gasteiger partial charge >= 0.3 is 5.97 Å². The van der Waals surface area contributed by atoms with Gasteiger partial charge in [0.05, 0.1) is 0 Å². The van der Waals surface area contributed by atoms with Crippen molar-refractivity contribution in [2.75, 3.05) is 0 Å². The molecule has 0 bridgehead atoms. The Kier molecular flexibility index (Phi) is 5.95. The Morgan fingerprint density at radius 2 is 2.03 bits per heavy atom. The minimum absolute atomic E-state index is 0.0209. The molecule has 0 amide bonds. The molecular weight excluding hydrogens is 360 g/mol. The quantitative estimate of drug-likeness (QED) is 0.447. The van der Waals surface area contributed by atoms with Crippen molar-refractivity contribution in [2.45, 2.75) is 97.0 Å². The van der Waals surface area contributed by atoms with Gasteiger partial charge in [0.25, 0.3) is 0 Å². The van der Waals surface area contributed by atoms with Gasteiger partial charge in [0.15, 0.2) is 0 Å². The van der Waals surface area contributed by atoms with Crippen LogP contribution >= 0.6 is 0 Å². The highest BCUT2D eigenvalue weighted by atomic mass is 16.5. The van der Waals surface area contributed by atoms with E-state index in [1.165, 1.54) is 36.8 Å². The van der Waals surface area contributed by atoms with Crippen LogP contribution in [0.4, 0.5) is 0 Å². The van der Waals surface area contributed by atoms with E-state index >= 15 is 0 Å². The lowest BCUT2D eigenvalue weighted by atomic mass is 9.53. The summed E-state index contributed by atoms with van der Waals surface area (Å²) in [6.45, 7) is 6.99. The molecule has 3 aliphatic rings. The Morgan fingerprint density at radius 1 is 1.21 bits per heavy atom. The average Bonchev–Trinajstić information content (AvgIpc) is 3.01. The van der Waals surface area contributed by atoms with E-state index in [1.807, 2.05) is 12.1 Å². The Morgan fingerprint density at radius 3 is 2.83 bits per heavy atom. The van der Waals surface area contributed by atoms with Crippen LogP contribution in [0.1, 0.15) is 95.6 Å². The number of hydrogen-bond acceptors (Lipinski definition) is 3. The molecule has 0 aliphatic heterocycles. The summed E-state index contributed by atoms with van der Waals surface area (Å²) < 4.78 is 6.09. The van der Waals surface area contributed by atoms with Crippen LogP contribution in [-0.4, -0.2) is 17.2 Å². The first-order valence-electron chi connectivity index (χ1n) is 11.9. The van der Waals surface area contributed by atoms with E-state index in [1.54, 1.807) is 0 Å². The number of benzene rings is 1. The Labute approximate surface area is 176 Å². The fraction of sp³-hybridized carbons (Fsp3) is 0.731. The third kappa shape index (κ3) is 3.82. The number of esters is 1. The van der Waals surface area contributed by atoms with Gasteiger partial charge in [0.2, 0.25) is 0 Å². The smallest absolute Gasteiger partial charge is 0.306 e. The first kappa shape index (κ1) is 20.8. The first-order chi connectivity index (χ1) is 13.9. The maximum atomic E-state index is 12.5. The lowest BCUT2D eigenvalue weighted by molar-refractivity contribution is -0.158. The number of carbonyl (C=O) groups excluding carboxylic acids is 1. The molecule has 29 heavy (non-hydrogen) atoms. The van der Waals surface area contributed by atoms with Gasteiger partial charge in [-0.2, -0.15) is 0 Å². The molecule has 1 aromatic rings. The lowest BCUT2D eigenvalue weighted by Gasteiger charge is -2.52. The fourth-order valence-corrected chi connectivity index (χ4v) is 7.02. The third-order valence-corrected chi connectivity index (χ3v) is 8.48. The van der Waals surface area contributed by atoms with E-state index in [2.05, 4.69) is 26.8 Å². The summed E-state index contributed by atoms with van der Waals surface area (Å²) in [6, 6.07) is 6.00. The predicted octanol–water partition coefficient (Wildman–Crippen LogP) is 6.38. The van der Waals surface area contributed by atoms with Gasteiger partial charge < -0.3 is 9.84 Å². The largest absolute Gasteiger partial charge is 0.508 e. The highest BCUT2D eigenvalue weighted by molar-refractivity contribution is 5.69. The van der Waals surface area contributed by atoms with E-state index in [0.717, 1.165) is 32.1 Å². The van der Waals surface area contributed by atoms with Crippen molar-refractivity contribution in [3.63, 3.8) is 0 Å². The predicted molar refractivity (Wildman–Crippen MR) is 116 cm³/mol. The van der Waals surface area contributed by atoms with E-state index in [4.69, 9.17) is 4.74 Å². The number of phenolic OH excluding ortho intramolecular Hbond substituents is 1. The van der Waals surface area contributed by atoms with E-state index in [9.17, 15) is 9.90 Å². The number of phenols is 1. The van der Waals surface area contributed by atoms with Gasteiger partial charge in [-0.1, -0.05) is 46.1 Å². The van der Waals surface area contributed by atoms with E-state index < -0.39 is 0 Å². The summed E-state index contributed by atoms with van der Waals surface area (Å²) in [5, 5.41) is 9.92. The molecule has 0 radical (unpaired) electrons. The second kappa shape index (κ2) is 8.32. The highest BCUT2D eigenvalue weighted by Gasteiger charge is 2.57. The molecule has 1 N–H and O–H groups in total. The van der Waals surface area contributed by atoms with Gasteiger partial charge in [-0.15, -0.1) is 0 Å². The molecule has 2 fully saturated rings. The van der Waals surface area contributed by atoms with Crippen molar-refractivity contribution in [3.05, 3.63) is 29.3 Å². The van der Waals surface area contributed by atoms with Crippen LogP contribution in [0.2, 0.25) is 0 Å². The van der Waals surface area contributed by atoms with Crippen LogP contribution in [0.3, 0.4) is 0 Å². The van der Waals surface area contributed by atoms with Gasteiger partial charge in [0, 0.05) is 11.8 Å². The van der Waals surface area contributed by atoms with Crippen LogP contribution in [0.5, 0.6) is 5.75 Å². The zero-order valence-electron chi connectivity index (χ0n) is 18.5. The summed E-state index contributed by atoms with van der Waals surface area (Å²) in [4.78, 5) is 12.5. The van der Waals surface area contributed by atoms with Crippen molar-refractivity contribution in [2.24, 2.45) is 23.2 Å². The molecule has 3 aliphatic carbocycles. The molecule has 1 aromatic carbocycles. The van der Waals surface area contributed by atoms with Crippen molar-refractivity contribution >= 4 is 5.97 Å². The number of hydrogen-bond donors (Lipinski definition) is 1. The summed E-state index contributed by atoms with van der Waals surface area (Å²) in [6.07, 6.45) is 10.7. The molecule has 160 valence electrons. The normalized spacial score (nSPS) is 35.5. The zero-order valence-corrected chi connectivity index (χ0v) is 18.5. The fourth-order valence-electron chi connectivity index (χ4n) is 7.02. The number of ether oxygens (including phenoxy) is 1. The van der Waals surface area contributed by atoms with Crippen LogP contribution in [0.25, 0.3) is 0 Å². The maximum absolute atomic E-state index is 12.5. The highest BCUT2D eigenvalue weighted by Crippen LogP contribution is 2.62. The number of unbranched alkanes of at least 4 members (excludes halogenated alkanes) is 3. The summed E-state index contributed by atoms with van der Waals surface area (Å²) in [7, 11) is 0. The minimum atomic E-state index is 0.0209.